The number of nitrogens with one attached hydrogen (secondary N) is 2. The Balaban J connectivity index is 1.52. The van der Waals surface area contributed by atoms with Crippen molar-refractivity contribution in [1.29, 1.82) is 0 Å². The average molecular weight is 537 g/mol. The van der Waals surface area contributed by atoms with Crippen molar-refractivity contribution in [2.24, 2.45) is 0 Å². The van der Waals surface area contributed by atoms with Crippen LogP contribution in [0.3, 0.4) is 0 Å². The molecule has 206 valence electrons. The number of anilines is 1. The van der Waals surface area contributed by atoms with Gasteiger partial charge in [-0.1, -0.05) is 0 Å². The van der Waals surface area contributed by atoms with Crippen LogP contribution in [-0.4, -0.2) is 77.1 Å². The van der Waals surface area contributed by atoms with Gasteiger partial charge in [-0.05, 0) is 62.6 Å². The molecule has 3 aromatic rings. The van der Waals surface area contributed by atoms with Crippen LogP contribution in [0.15, 0.2) is 30.3 Å². The van der Waals surface area contributed by atoms with Gasteiger partial charge in [0.05, 0.1) is 25.4 Å². The summed E-state index contributed by atoms with van der Waals surface area (Å²) in [5.74, 6) is -1.99. The number of hydrogen-bond acceptors (Lipinski definition) is 4. The van der Waals surface area contributed by atoms with Gasteiger partial charge in [0.25, 0.3) is 0 Å². The number of benzene rings is 2. The zero-order chi connectivity index (χ0) is 27.2. The molecular formula is C28H33F5N4O. The summed E-state index contributed by atoms with van der Waals surface area (Å²) in [6, 6.07) is 5.40. The maximum absolute atomic E-state index is 15.8. The highest BCUT2D eigenvalue weighted by Gasteiger charge is 2.42. The van der Waals surface area contributed by atoms with E-state index in [1.807, 2.05) is 6.92 Å². The van der Waals surface area contributed by atoms with Crippen LogP contribution in [0.4, 0.5) is 27.6 Å². The third-order valence-electron chi connectivity index (χ3n) is 7.70. The van der Waals surface area contributed by atoms with Crippen molar-refractivity contribution in [3.8, 4) is 0 Å². The average Bonchev–Trinajstić information content (AvgIpc) is 3.18. The SMILES string of the molecule is C[C@H]1Cc2c([nH]c3ccc(F)cc23)[C@@H](c2c(F)cc(NC3CN(CCCF)C3)cc2F)N1C[C@@](C)(F)CO. The smallest absolute Gasteiger partial charge is 0.143 e. The minimum Gasteiger partial charge on any atom is -0.393 e. The molecule has 38 heavy (non-hydrogen) atoms. The molecule has 2 aliphatic rings. The van der Waals surface area contributed by atoms with Crippen LogP contribution in [0.5, 0.6) is 0 Å². The second-order valence-electron chi connectivity index (χ2n) is 10.9. The fraction of sp³-hybridized carbons (Fsp3) is 0.500. The Morgan fingerprint density at radius 1 is 1.13 bits per heavy atom. The van der Waals surface area contributed by atoms with Crippen molar-refractivity contribution >= 4 is 16.6 Å². The Hall–Kier alpha value is -2.69. The standard InChI is InChI=1S/C28H33F5N4O/c1-16-8-21-20-9-17(30)4-5-24(20)35-26(21)27(37(16)14-28(2,33)15-38)25-22(31)10-18(11-23(25)32)34-19-12-36(13-19)7-3-6-29/h4-5,9-11,16,19,27,34-35,38H,3,6-8,12-15H2,1-2H3/t16-,27+,28+/m0/s1. The molecule has 2 aromatic carbocycles. The Morgan fingerprint density at radius 2 is 1.84 bits per heavy atom. The molecule has 3 N–H and O–H groups in total. The Labute approximate surface area is 218 Å². The van der Waals surface area contributed by atoms with Gasteiger partial charge in [0.1, 0.15) is 23.1 Å². The number of aromatic nitrogens is 1. The normalized spacial score (nSPS) is 22.3. The van der Waals surface area contributed by atoms with E-state index in [1.165, 1.54) is 31.2 Å². The van der Waals surface area contributed by atoms with Crippen LogP contribution < -0.4 is 5.32 Å². The van der Waals surface area contributed by atoms with E-state index < -0.39 is 35.8 Å². The van der Waals surface area contributed by atoms with Gasteiger partial charge in [-0.2, -0.15) is 0 Å². The predicted octanol–water partition coefficient (Wildman–Crippen LogP) is 5.10. The first-order valence-electron chi connectivity index (χ1n) is 13.0. The lowest BCUT2D eigenvalue weighted by molar-refractivity contribution is 0.0162. The number of nitrogens with zero attached hydrogens (tertiary/aromatic N) is 2. The largest absolute Gasteiger partial charge is 0.393 e. The van der Waals surface area contributed by atoms with Gasteiger partial charge in [0.15, 0.2) is 0 Å². The van der Waals surface area contributed by atoms with Gasteiger partial charge in [0, 0.05) is 60.1 Å². The summed E-state index contributed by atoms with van der Waals surface area (Å²) in [6.45, 7) is 3.66. The van der Waals surface area contributed by atoms with Gasteiger partial charge in [-0.25, -0.2) is 17.6 Å². The number of fused-ring (bicyclic) bond motifs is 3. The topological polar surface area (TPSA) is 54.5 Å². The highest BCUT2D eigenvalue weighted by molar-refractivity contribution is 5.85. The summed E-state index contributed by atoms with van der Waals surface area (Å²) in [6.07, 6.45) is 0.873. The summed E-state index contributed by atoms with van der Waals surface area (Å²) >= 11 is 0. The molecule has 0 amide bonds. The number of H-pyrrole nitrogens is 1. The highest BCUT2D eigenvalue weighted by atomic mass is 19.2. The summed E-state index contributed by atoms with van der Waals surface area (Å²) in [5, 5.41) is 13.4. The number of aliphatic hydroxyl groups excluding tert-OH is 1. The van der Waals surface area contributed by atoms with Crippen molar-refractivity contribution < 1.29 is 27.1 Å². The van der Waals surface area contributed by atoms with Gasteiger partial charge in [0.2, 0.25) is 0 Å². The van der Waals surface area contributed by atoms with E-state index in [2.05, 4.69) is 15.2 Å². The number of alkyl halides is 2. The van der Waals surface area contributed by atoms with Crippen molar-refractivity contribution in [1.82, 2.24) is 14.8 Å². The van der Waals surface area contributed by atoms with Gasteiger partial charge in [-0.15, -0.1) is 0 Å². The zero-order valence-corrected chi connectivity index (χ0v) is 21.5. The highest BCUT2D eigenvalue weighted by Crippen LogP contribution is 2.43. The molecule has 0 unspecified atom stereocenters. The van der Waals surface area contributed by atoms with E-state index in [1.54, 1.807) is 11.0 Å². The van der Waals surface area contributed by atoms with Crippen LogP contribution in [-0.2, 0) is 6.42 Å². The van der Waals surface area contributed by atoms with Gasteiger partial charge in [-0.3, -0.25) is 14.2 Å². The van der Waals surface area contributed by atoms with E-state index >= 15 is 13.2 Å². The molecule has 5 nitrogen and oxygen atoms in total. The molecule has 0 radical (unpaired) electrons. The molecule has 2 aliphatic heterocycles. The molecule has 3 atom stereocenters. The second-order valence-corrected chi connectivity index (χ2v) is 10.9. The van der Waals surface area contributed by atoms with Crippen molar-refractivity contribution in [3.63, 3.8) is 0 Å². The maximum Gasteiger partial charge on any atom is 0.143 e. The summed E-state index contributed by atoms with van der Waals surface area (Å²) in [5.41, 5.74) is -0.0993. The molecule has 0 bridgehead atoms. The number of likely N-dealkylation sites (tertiary alicyclic amines) is 1. The first-order chi connectivity index (χ1) is 18.1. The van der Waals surface area contributed by atoms with Crippen molar-refractivity contribution in [2.45, 2.75) is 50.5 Å². The molecule has 5 rings (SSSR count). The fourth-order valence-corrected chi connectivity index (χ4v) is 5.81. The lowest BCUT2D eigenvalue weighted by Gasteiger charge is -2.43. The number of hydrogen-bond donors (Lipinski definition) is 3. The van der Waals surface area contributed by atoms with Crippen molar-refractivity contribution in [3.05, 3.63) is 64.6 Å². The van der Waals surface area contributed by atoms with E-state index in [-0.39, 0.29) is 30.9 Å². The Morgan fingerprint density at radius 3 is 2.50 bits per heavy atom. The lowest BCUT2D eigenvalue weighted by atomic mass is 9.87. The van der Waals surface area contributed by atoms with E-state index in [0.717, 1.165) is 5.56 Å². The number of halogens is 5. The summed E-state index contributed by atoms with van der Waals surface area (Å²) in [7, 11) is 0. The minimum absolute atomic E-state index is 0.00234. The number of aromatic amines is 1. The van der Waals surface area contributed by atoms with E-state index in [0.29, 0.717) is 54.8 Å². The summed E-state index contributed by atoms with van der Waals surface area (Å²) < 4.78 is 73.1. The molecule has 0 saturated carbocycles. The molecule has 1 aromatic heterocycles. The van der Waals surface area contributed by atoms with Gasteiger partial charge >= 0.3 is 0 Å². The number of rotatable bonds is 9. The maximum atomic E-state index is 15.8. The zero-order valence-electron chi connectivity index (χ0n) is 21.5. The third kappa shape index (κ3) is 5.13. The third-order valence-corrected chi connectivity index (χ3v) is 7.70. The van der Waals surface area contributed by atoms with Crippen LogP contribution in [0.2, 0.25) is 0 Å². The van der Waals surface area contributed by atoms with E-state index in [9.17, 15) is 13.9 Å². The first-order valence-corrected chi connectivity index (χ1v) is 13.0. The van der Waals surface area contributed by atoms with Crippen LogP contribution in [0.25, 0.3) is 10.9 Å². The molecule has 0 spiro atoms. The molecule has 1 fully saturated rings. The lowest BCUT2D eigenvalue weighted by Crippen LogP contribution is -2.54. The molecular weight excluding hydrogens is 503 g/mol. The molecule has 10 heteroatoms. The monoisotopic (exact) mass is 536 g/mol. The minimum atomic E-state index is -2.01. The quantitative estimate of drug-likeness (QED) is 0.333. The van der Waals surface area contributed by atoms with E-state index in [4.69, 9.17) is 0 Å². The molecule has 3 heterocycles. The fourth-order valence-electron chi connectivity index (χ4n) is 5.81. The molecule has 0 aliphatic carbocycles. The van der Waals surface area contributed by atoms with Crippen LogP contribution in [0.1, 0.15) is 43.1 Å². The van der Waals surface area contributed by atoms with Gasteiger partial charge < -0.3 is 15.4 Å². The van der Waals surface area contributed by atoms with Crippen LogP contribution >= 0.6 is 0 Å². The predicted molar refractivity (Wildman–Crippen MR) is 137 cm³/mol. The summed E-state index contributed by atoms with van der Waals surface area (Å²) in [4.78, 5) is 6.94. The Bertz CT molecular complexity index is 1280. The first kappa shape index (κ1) is 26.9. The second kappa shape index (κ2) is 10.5. The molecule has 1 saturated heterocycles. The van der Waals surface area contributed by atoms with Crippen molar-refractivity contribution in [2.75, 3.05) is 44.8 Å². The van der Waals surface area contributed by atoms with Crippen LogP contribution in [0, 0.1) is 17.5 Å². The Kier molecular flexibility index (Phi) is 7.41. The number of aliphatic hydroxyl groups is 1.